The number of nitrogens with one attached hydrogen (secondary N) is 1. The van der Waals surface area contributed by atoms with E-state index in [1.54, 1.807) is 12.1 Å². The second kappa shape index (κ2) is 10.0. The summed E-state index contributed by atoms with van der Waals surface area (Å²) in [5, 5.41) is 1.95. The first-order valence-corrected chi connectivity index (χ1v) is 9.78. The summed E-state index contributed by atoms with van der Waals surface area (Å²) in [5.74, 6) is -1.17. The molecular formula is C21H19ClF3NO5. The molecule has 1 N–H and O–H groups in total. The van der Waals surface area contributed by atoms with Gasteiger partial charge in [0.1, 0.15) is 12.4 Å². The zero-order valence-electron chi connectivity index (χ0n) is 16.2. The van der Waals surface area contributed by atoms with Gasteiger partial charge in [-0.3, -0.25) is 4.79 Å². The Balaban J connectivity index is 1.50. The fourth-order valence-corrected chi connectivity index (χ4v) is 3.09. The number of carbonyl (C=O) groups excluding carboxylic acids is 2. The number of benzene rings is 2. The van der Waals surface area contributed by atoms with Gasteiger partial charge in [0.05, 0.1) is 22.9 Å². The molecule has 0 aromatic heterocycles. The van der Waals surface area contributed by atoms with Crippen molar-refractivity contribution in [2.75, 3.05) is 25.1 Å². The van der Waals surface area contributed by atoms with Crippen LogP contribution < -0.4 is 10.1 Å². The van der Waals surface area contributed by atoms with Crippen LogP contribution in [0.25, 0.3) is 0 Å². The third kappa shape index (κ3) is 6.60. The fourth-order valence-electron chi connectivity index (χ4n) is 2.91. The van der Waals surface area contributed by atoms with Gasteiger partial charge in [-0.25, -0.2) is 4.79 Å². The topological polar surface area (TPSA) is 73.9 Å². The van der Waals surface area contributed by atoms with Crippen molar-refractivity contribution in [1.29, 1.82) is 0 Å². The first kappa shape index (κ1) is 22.9. The smallest absolute Gasteiger partial charge is 0.418 e. The summed E-state index contributed by atoms with van der Waals surface area (Å²) in [6.07, 6.45) is -2.71. The monoisotopic (exact) mass is 457 g/mol. The molecule has 1 atom stereocenters. The Morgan fingerprint density at radius 2 is 1.90 bits per heavy atom. The van der Waals surface area contributed by atoms with Crippen molar-refractivity contribution in [1.82, 2.24) is 0 Å². The van der Waals surface area contributed by atoms with Gasteiger partial charge in [-0.15, -0.1) is 0 Å². The van der Waals surface area contributed by atoms with E-state index in [-0.39, 0.29) is 16.7 Å². The minimum Gasteiger partial charge on any atom is -0.491 e. The molecule has 1 saturated heterocycles. The molecule has 0 saturated carbocycles. The molecule has 1 aliphatic heterocycles. The minimum atomic E-state index is -4.71. The van der Waals surface area contributed by atoms with Crippen LogP contribution in [0.5, 0.6) is 5.75 Å². The van der Waals surface area contributed by atoms with Crippen LogP contribution in [0.4, 0.5) is 18.9 Å². The molecule has 0 radical (unpaired) electrons. The highest BCUT2D eigenvalue weighted by Crippen LogP contribution is 2.36. The molecule has 1 fully saturated rings. The van der Waals surface area contributed by atoms with Gasteiger partial charge in [0.25, 0.3) is 5.91 Å². The molecular weight excluding hydrogens is 439 g/mol. The summed E-state index contributed by atoms with van der Waals surface area (Å²) in [4.78, 5) is 24.0. The van der Waals surface area contributed by atoms with Crippen LogP contribution in [0.15, 0.2) is 42.5 Å². The van der Waals surface area contributed by atoms with E-state index < -0.39 is 35.9 Å². The Labute approximate surface area is 181 Å². The minimum absolute atomic E-state index is 0.0571. The molecule has 0 spiro atoms. The number of amides is 1. The molecule has 0 aliphatic carbocycles. The summed E-state index contributed by atoms with van der Waals surface area (Å²) in [6.45, 7) is 0.381. The van der Waals surface area contributed by atoms with E-state index in [9.17, 15) is 22.8 Å². The normalized spacial score (nSPS) is 16.1. The zero-order chi connectivity index (χ0) is 22.4. The van der Waals surface area contributed by atoms with E-state index in [4.69, 9.17) is 25.8 Å². The van der Waals surface area contributed by atoms with Crippen LogP contribution in [0.3, 0.4) is 0 Å². The summed E-state index contributed by atoms with van der Waals surface area (Å²) in [5.41, 5.74) is -1.41. The number of hydrogen-bond acceptors (Lipinski definition) is 5. The Bertz CT molecular complexity index is 928. The largest absolute Gasteiger partial charge is 0.491 e. The predicted octanol–water partition coefficient (Wildman–Crippen LogP) is 4.71. The lowest BCUT2D eigenvalue weighted by molar-refractivity contribution is -0.137. The van der Waals surface area contributed by atoms with E-state index >= 15 is 0 Å². The van der Waals surface area contributed by atoms with Crippen molar-refractivity contribution in [2.45, 2.75) is 25.1 Å². The number of hydrogen-bond donors (Lipinski definition) is 1. The van der Waals surface area contributed by atoms with E-state index in [0.717, 1.165) is 25.5 Å². The van der Waals surface area contributed by atoms with Crippen LogP contribution in [0, 0.1) is 0 Å². The third-order valence-corrected chi connectivity index (χ3v) is 4.68. The lowest BCUT2D eigenvalue weighted by Crippen LogP contribution is -2.22. The maximum absolute atomic E-state index is 13.1. The number of carbonyl (C=O) groups is 2. The van der Waals surface area contributed by atoms with E-state index in [2.05, 4.69) is 5.32 Å². The number of rotatable bonds is 7. The van der Waals surface area contributed by atoms with E-state index in [1.165, 1.54) is 18.2 Å². The van der Waals surface area contributed by atoms with Crippen molar-refractivity contribution in [3.63, 3.8) is 0 Å². The lowest BCUT2D eigenvalue weighted by atomic mass is 10.1. The lowest BCUT2D eigenvalue weighted by Gasteiger charge is -2.14. The van der Waals surface area contributed by atoms with Gasteiger partial charge >= 0.3 is 12.1 Å². The molecule has 1 unspecified atom stereocenters. The summed E-state index contributed by atoms with van der Waals surface area (Å²) in [6, 6.07) is 9.02. The number of halogens is 4. The second-order valence-corrected chi connectivity index (χ2v) is 7.22. The van der Waals surface area contributed by atoms with Gasteiger partial charge in [-0.05, 0) is 55.3 Å². The van der Waals surface area contributed by atoms with Crippen molar-refractivity contribution in [3.05, 3.63) is 58.6 Å². The Kier molecular flexibility index (Phi) is 7.40. The first-order valence-electron chi connectivity index (χ1n) is 9.40. The highest BCUT2D eigenvalue weighted by Gasteiger charge is 2.34. The standard InChI is InChI=1S/C21H19ClF3NO5/c22-14-5-8-18(17(10-14)21(23,24)25)26-19(27)12-31-20(28)13-3-6-15(7-4-13)30-11-16-2-1-9-29-16/h3-8,10,16H,1-2,9,11-12H2,(H,26,27). The Hall–Kier alpha value is -2.78. The molecule has 3 rings (SSSR count). The van der Waals surface area contributed by atoms with Gasteiger partial charge < -0.3 is 19.5 Å². The van der Waals surface area contributed by atoms with Gasteiger partial charge in [-0.2, -0.15) is 13.2 Å². The quantitative estimate of drug-likeness (QED) is 0.609. The van der Waals surface area contributed by atoms with Crippen molar-refractivity contribution < 1.29 is 37.0 Å². The van der Waals surface area contributed by atoms with Crippen LogP contribution in [0.2, 0.25) is 5.02 Å². The second-order valence-electron chi connectivity index (χ2n) is 6.78. The van der Waals surface area contributed by atoms with Crippen LogP contribution in [-0.4, -0.2) is 37.8 Å². The molecule has 1 amide bonds. The first-order chi connectivity index (χ1) is 14.7. The van der Waals surface area contributed by atoms with Crippen molar-refractivity contribution in [3.8, 4) is 5.75 Å². The van der Waals surface area contributed by atoms with Gasteiger partial charge in [0.15, 0.2) is 6.61 Å². The molecule has 2 aromatic carbocycles. The maximum Gasteiger partial charge on any atom is 0.418 e. The predicted molar refractivity (Wildman–Crippen MR) is 106 cm³/mol. The number of esters is 1. The molecule has 6 nitrogen and oxygen atoms in total. The summed E-state index contributed by atoms with van der Waals surface area (Å²) in [7, 11) is 0. The number of alkyl halides is 3. The van der Waals surface area contributed by atoms with Crippen LogP contribution in [-0.2, 0) is 20.4 Å². The van der Waals surface area contributed by atoms with Gasteiger partial charge in [-0.1, -0.05) is 11.6 Å². The van der Waals surface area contributed by atoms with Crippen LogP contribution >= 0.6 is 11.6 Å². The van der Waals surface area contributed by atoms with Gasteiger partial charge in [0.2, 0.25) is 0 Å². The fraction of sp³-hybridized carbons (Fsp3) is 0.333. The molecule has 1 aliphatic rings. The number of ether oxygens (including phenoxy) is 3. The average molecular weight is 458 g/mol. The zero-order valence-corrected chi connectivity index (χ0v) is 17.0. The highest BCUT2D eigenvalue weighted by molar-refractivity contribution is 6.30. The van der Waals surface area contributed by atoms with E-state index in [0.29, 0.717) is 18.4 Å². The number of anilines is 1. The van der Waals surface area contributed by atoms with Crippen molar-refractivity contribution >= 4 is 29.2 Å². The maximum atomic E-state index is 13.1. The molecule has 1 heterocycles. The van der Waals surface area contributed by atoms with E-state index in [1.807, 2.05) is 0 Å². The van der Waals surface area contributed by atoms with Crippen molar-refractivity contribution in [2.24, 2.45) is 0 Å². The Morgan fingerprint density at radius 1 is 1.16 bits per heavy atom. The average Bonchev–Trinajstić information content (AvgIpc) is 3.25. The molecule has 31 heavy (non-hydrogen) atoms. The highest BCUT2D eigenvalue weighted by atomic mass is 35.5. The summed E-state index contributed by atoms with van der Waals surface area (Å²) >= 11 is 5.60. The van der Waals surface area contributed by atoms with Gasteiger partial charge in [0, 0.05) is 11.6 Å². The van der Waals surface area contributed by atoms with Crippen LogP contribution in [0.1, 0.15) is 28.8 Å². The Morgan fingerprint density at radius 3 is 2.55 bits per heavy atom. The molecule has 10 heteroatoms. The molecule has 166 valence electrons. The molecule has 0 bridgehead atoms. The summed E-state index contributed by atoms with van der Waals surface area (Å²) < 4.78 is 55.2. The SMILES string of the molecule is O=C(COC(=O)c1ccc(OCC2CCCO2)cc1)Nc1ccc(Cl)cc1C(F)(F)F. The third-order valence-electron chi connectivity index (χ3n) is 4.45. The molecule has 2 aromatic rings.